The van der Waals surface area contributed by atoms with Gasteiger partial charge in [0.25, 0.3) is 8.32 Å². The molecule has 2 aromatic carbocycles. The van der Waals surface area contributed by atoms with Crippen molar-refractivity contribution in [2.75, 3.05) is 0 Å². The lowest BCUT2D eigenvalue weighted by Crippen LogP contribution is -2.65. The highest BCUT2D eigenvalue weighted by Crippen LogP contribution is 2.45. The molecule has 1 aliphatic heterocycles. The van der Waals surface area contributed by atoms with E-state index in [0.717, 1.165) is 6.42 Å². The number of benzene rings is 2. The molecule has 0 saturated carbocycles. The Hall–Kier alpha value is -0.342. The van der Waals surface area contributed by atoms with Gasteiger partial charge >= 0.3 is 0 Å². The summed E-state index contributed by atoms with van der Waals surface area (Å²) in [6, 6.07) is 14.4. The van der Waals surface area contributed by atoms with Gasteiger partial charge in [-0.1, -0.05) is 166 Å². The molecule has 8 heteroatoms. The molecule has 3 rings (SSSR count). The minimum atomic E-state index is -3.18. The van der Waals surface area contributed by atoms with Crippen molar-refractivity contribution in [2.24, 2.45) is 0 Å². The van der Waals surface area contributed by atoms with E-state index in [1.54, 1.807) is 16.7 Å². The summed E-state index contributed by atoms with van der Waals surface area (Å²) in [6.07, 6.45) is 3.25. The van der Waals surface area contributed by atoms with Crippen LogP contribution >= 0.6 is 0 Å². The van der Waals surface area contributed by atoms with Gasteiger partial charge in [0.1, 0.15) is 0 Å². The van der Waals surface area contributed by atoms with Gasteiger partial charge in [0.05, 0.1) is 0 Å². The van der Waals surface area contributed by atoms with Gasteiger partial charge in [-0.3, -0.25) is 0 Å². The van der Waals surface area contributed by atoms with Crippen LogP contribution < -0.4 is 10.4 Å². The monoisotopic (exact) mass is 712 g/mol. The first-order valence-corrected chi connectivity index (χ1v) is 40.7. The van der Waals surface area contributed by atoms with Crippen LogP contribution in [0.2, 0.25) is 118 Å². The molecule has 1 heterocycles. The number of allylic oxidation sites excluding steroid dienone is 1. The van der Waals surface area contributed by atoms with Gasteiger partial charge in [0, 0.05) is 48.4 Å². The molecule has 0 fully saturated rings. The molecule has 246 valence electrons. The van der Waals surface area contributed by atoms with E-state index in [0.29, 0.717) is 15.5 Å². The average Bonchev–Trinajstić information content (AvgIpc) is 2.73. The van der Waals surface area contributed by atoms with Crippen molar-refractivity contribution >= 4 is 67.1 Å². The fraction of sp³-hybridized carbons (Fsp3) is 0.611. The minimum absolute atomic E-state index is 0.579. The van der Waals surface area contributed by atoms with Crippen molar-refractivity contribution in [3.05, 3.63) is 70.4 Å². The highest BCUT2D eigenvalue weighted by atomic mass is 28.4. The molecule has 0 aliphatic carbocycles. The van der Waals surface area contributed by atoms with Gasteiger partial charge in [-0.05, 0) is 54.5 Å². The summed E-state index contributed by atoms with van der Waals surface area (Å²) >= 11 is 0. The van der Waals surface area contributed by atoms with Crippen molar-refractivity contribution in [1.82, 2.24) is 0 Å². The number of fused-ring (bicyclic) bond motifs is 1. The lowest BCUT2D eigenvalue weighted by molar-refractivity contribution is 0.579. The molecular formula is C36H68OSi7. The van der Waals surface area contributed by atoms with E-state index in [1.807, 2.05) is 0 Å². The second-order valence-corrected chi connectivity index (χ2v) is 57.1. The number of hydrogen-bond acceptors (Lipinski definition) is 1. The van der Waals surface area contributed by atoms with Gasteiger partial charge in [-0.2, -0.15) is 0 Å². The standard InChI is InChI=1S/C36H68OSi7/c1-38(2,3)34(39(4,5)6)29-26-30(35(40(7,8)9)41(10,11)12)33(31(27-29)36(42(13,14)15)43(16,17)18)44(37)25-21-23-28-22-19-20-24-32(28)44/h19-22,24-27,34-37H,23H2,1-18H3. The Morgan fingerprint density at radius 1 is 0.545 bits per heavy atom. The van der Waals surface area contributed by atoms with Crippen LogP contribution in [0.25, 0.3) is 0 Å². The van der Waals surface area contributed by atoms with Gasteiger partial charge in [0.15, 0.2) is 0 Å². The minimum Gasteiger partial charge on any atom is -0.421 e. The second-order valence-electron chi connectivity index (χ2n) is 20.6. The summed E-state index contributed by atoms with van der Waals surface area (Å²) in [5.41, 5.74) is 8.50. The van der Waals surface area contributed by atoms with Crippen LogP contribution in [0, 0.1) is 0 Å². The maximum Gasteiger partial charge on any atom is 0.278 e. The summed E-state index contributed by atoms with van der Waals surface area (Å²) < 4.78 is 0. The predicted octanol–water partition coefficient (Wildman–Crippen LogP) is 9.91. The second kappa shape index (κ2) is 12.3. The molecule has 0 saturated heterocycles. The summed E-state index contributed by atoms with van der Waals surface area (Å²) in [6.45, 7) is 47.1. The normalized spacial score (nSPS) is 18.9. The van der Waals surface area contributed by atoms with Crippen molar-refractivity contribution in [1.29, 1.82) is 0 Å². The molecule has 1 nitrogen and oxygen atoms in total. The lowest BCUT2D eigenvalue weighted by atomic mass is 10.1. The lowest BCUT2D eigenvalue weighted by Gasteiger charge is -2.47. The molecule has 1 unspecified atom stereocenters. The van der Waals surface area contributed by atoms with Crippen molar-refractivity contribution in [3.63, 3.8) is 0 Å². The highest BCUT2D eigenvalue weighted by Gasteiger charge is 2.51. The molecule has 0 spiro atoms. The van der Waals surface area contributed by atoms with Crippen LogP contribution in [-0.4, -0.2) is 61.6 Å². The van der Waals surface area contributed by atoms with Crippen molar-refractivity contribution in [2.45, 2.75) is 140 Å². The van der Waals surface area contributed by atoms with E-state index >= 15 is 0 Å². The number of hydrogen-bond donors (Lipinski definition) is 1. The highest BCUT2D eigenvalue weighted by molar-refractivity contribution is 7.04. The Morgan fingerprint density at radius 2 is 0.909 bits per heavy atom. The van der Waals surface area contributed by atoms with E-state index in [1.165, 1.54) is 15.9 Å². The van der Waals surface area contributed by atoms with Crippen LogP contribution in [0.5, 0.6) is 0 Å². The maximum atomic E-state index is 13.6. The Labute approximate surface area is 280 Å². The van der Waals surface area contributed by atoms with E-state index in [9.17, 15) is 4.80 Å². The molecule has 1 atom stereocenters. The summed E-state index contributed by atoms with van der Waals surface area (Å²) in [5.74, 6) is 0. The molecule has 0 radical (unpaired) electrons. The zero-order valence-electron chi connectivity index (χ0n) is 32.0. The third-order valence-corrected chi connectivity index (χ3v) is 41.1. The van der Waals surface area contributed by atoms with E-state index in [4.69, 9.17) is 0 Å². The van der Waals surface area contributed by atoms with Gasteiger partial charge < -0.3 is 4.80 Å². The van der Waals surface area contributed by atoms with Crippen molar-refractivity contribution < 1.29 is 4.80 Å². The maximum absolute atomic E-state index is 13.6. The average molecular weight is 714 g/mol. The number of rotatable bonds is 10. The third kappa shape index (κ3) is 7.85. The molecule has 0 aromatic heterocycles. The predicted molar refractivity (Wildman–Crippen MR) is 221 cm³/mol. The summed E-state index contributed by atoms with van der Waals surface area (Å²) in [4.78, 5) is 13.6. The third-order valence-electron chi connectivity index (χ3n) is 9.88. The Morgan fingerprint density at radius 3 is 1.27 bits per heavy atom. The first-order valence-electron chi connectivity index (χ1n) is 17.2. The van der Waals surface area contributed by atoms with E-state index in [-0.39, 0.29) is 0 Å². The van der Waals surface area contributed by atoms with Crippen LogP contribution in [-0.2, 0) is 6.42 Å². The molecule has 0 amide bonds. The van der Waals surface area contributed by atoms with E-state index in [2.05, 4.69) is 166 Å². The molecule has 1 N–H and O–H groups in total. The first kappa shape index (κ1) is 38.1. The molecular weight excluding hydrogens is 645 g/mol. The fourth-order valence-corrected chi connectivity index (χ4v) is 52.4. The summed E-state index contributed by atoms with van der Waals surface area (Å²) in [7, 11) is -13.0. The Balaban J connectivity index is 2.77. The first-order chi connectivity index (χ1) is 19.5. The molecule has 44 heavy (non-hydrogen) atoms. The molecule has 1 aliphatic rings. The van der Waals surface area contributed by atoms with Crippen molar-refractivity contribution in [3.8, 4) is 0 Å². The zero-order valence-corrected chi connectivity index (χ0v) is 39.0. The van der Waals surface area contributed by atoms with Gasteiger partial charge in [-0.25, -0.2) is 0 Å². The van der Waals surface area contributed by atoms with Crippen LogP contribution in [0.3, 0.4) is 0 Å². The van der Waals surface area contributed by atoms with Gasteiger partial charge in [-0.15, -0.1) is 0 Å². The quantitative estimate of drug-likeness (QED) is 0.243. The molecule has 0 bridgehead atoms. The summed E-state index contributed by atoms with van der Waals surface area (Å²) in [5, 5.41) is 4.52. The van der Waals surface area contributed by atoms with Crippen LogP contribution in [0.15, 0.2) is 48.2 Å². The zero-order chi connectivity index (χ0) is 34.1. The Bertz CT molecular complexity index is 1280. The van der Waals surface area contributed by atoms with E-state index < -0.39 is 56.8 Å². The molecule has 2 aromatic rings. The van der Waals surface area contributed by atoms with Gasteiger partial charge in [0.2, 0.25) is 0 Å². The smallest absolute Gasteiger partial charge is 0.278 e. The van der Waals surface area contributed by atoms with Crippen LogP contribution in [0.4, 0.5) is 0 Å². The SMILES string of the molecule is C[Si](C)(C)C(c1cc(C([Si](C)(C)C)[Si](C)(C)C)c([Si]2(O)C=CCc3ccccc32)c(C([Si](C)(C)C)[Si](C)(C)C)c1)[Si](C)(C)C. The fourth-order valence-electron chi connectivity index (χ4n) is 10.3. The van der Waals surface area contributed by atoms with Crippen LogP contribution in [0.1, 0.15) is 37.7 Å². The topological polar surface area (TPSA) is 20.2 Å². The largest absolute Gasteiger partial charge is 0.421 e. The Kier molecular flexibility index (Phi) is 10.6.